The molecule has 0 N–H and O–H groups in total. The molecule has 4 aromatic rings. The second-order valence-corrected chi connectivity index (χ2v) is 6.69. The Morgan fingerprint density at radius 3 is 2.27 bits per heavy atom. The summed E-state index contributed by atoms with van der Waals surface area (Å²) in [6, 6.07) is 29.6. The van der Waals surface area contributed by atoms with E-state index in [1.54, 1.807) is 0 Å². The minimum Gasteiger partial charge on any atom is -0.248 e. The lowest BCUT2D eigenvalue weighted by molar-refractivity contribution is 1.36. The summed E-state index contributed by atoms with van der Waals surface area (Å²) in [5.41, 5.74) is 6.88. The molecular weight excluding hydrogens is 316 g/mol. The Kier molecular flexibility index (Phi) is 2.64. The molecule has 0 aliphatic carbocycles. The van der Waals surface area contributed by atoms with Crippen molar-refractivity contribution >= 4 is 11.4 Å². The van der Waals surface area contributed by atoms with Gasteiger partial charge in [-0.05, 0) is 41.5 Å². The van der Waals surface area contributed by atoms with Gasteiger partial charge in [-0.1, -0.05) is 54.6 Å². The zero-order chi connectivity index (χ0) is 17.1. The molecule has 0 atom stereocenters. The van der Waals surface area contributed by atoms with Gasteiger partial charge in [-0.3, -0.25) is 0 Å². The van der Waals surface area contributed by atoms with Crippen LogP contribution in [0.5, 0.6) is 0 Å². The molecule has 0 saturated heterocycles. The number of nitrogens with zero attached hydrogens (tertiary/aromatic N) is 2. The van der Waals surface area contributed by atoms with Crippen molar-refractivity contribution in [2.45, 2.75) is 0 Å². The van der Waals surface area contributed by atoms with Crippen molar-refractivity contribution in [2.24, 2.45) is 9.98 Å². The van der Waals surface area contributed by atoms with Gasteiger partial charge < -0.3 is 0 Å². The van der Waals surface area contributed by atoms with E-state index in [9.17, 15) is 0 Å². The highest BCUT2D eigenvalue weighted by molar-refractivity contribution is 5.87. The van der Waals surface area contributed by atoms with Crippen molar-refractivity contribution in [3.05, 3.63) is 106 Å². The highest BCUT2D eigenvalue weighted by Crippen LogP contribution is 2.39. The molecule has 6 rings (SSSR count). The quantitative estimate of drug-likeness (QED) is 0.412. The lowest BCUT2D eigenvalue weighted by atomic mass is 10.0. The molecule has 0 amide bonds. The van der Waals surface area contributed by atoms with Crippen LogP contribution in [0.4, 0.5) is 11.4 Å². The van der Waals surface area contributed by atoms with E-state index in [1.165, 1.54) is 27.1 Å². The molecule has 0 radical (unpaired) electrons. The number of hydrogen-bond donors (Lipinski definition) is 0. The fraction of sp³-hybridized carbons (Fsp3) is 0. The maximum Gasteiger partial charge on any atom is 0.0817 e. The van der Waals surface area contributed by atoms with E-state index in [1.807, 2.05) is 12.1 Å². The van der Waals surface area contributed by atoms with E-state index < -0.39 is 0 Å². The van der Waals surface area contributed by atoms with Crippen LogP contribution in [0.25, 0.3) is 22.3 Å². The summed E-state index contributed by atoms with van der Waals surface area (Å²) in [6.45, 7) is 0. The zero-order valence-electron chi connectivity index (χ0n) is 14.0. The summed E-state index contributed by atoms with van der Waals surface area (Å²) in [7, 11) is 0. The van der Waals surface area contributed by atoms with E-state index in [2.05, 4.69) is 72.8 Å². The van der Waals surface area contributed by atoms with Crippen molar-refractivity contribution in [1.29, 1.82) is 0 Å². The summed E-state index contributed by atoms with van der Waals surface area (Å²) in [5.74, 6) is 0. The van der Waals surface area contributed by atoms with Gasteiger partial charge in [0.15, 0.2) is 0 Å². The molecule has 2 nitrogen and oxygen atoms in total. The number of rotatable bonds is 1. The molecule has 0 fully saturated rings. The normalized spacial score (nSPS) is 12.5. The second-order valence-electron chi connectivity index (χ2n) is 6.69. The Hall–Kier alpha value is -3.52. The van der Waals surface area contributed by atoms with Crippen LogP contribution in [0.1, 0.15) is 0 Å². The second kappa shape index (κ2) is 4.99. The number of hydrogen-bond acceptors (Lipinski definition) is 2. The monoisotopic (exact) mass is 330 g/mol. The Morgan fingerprint density at radius 1 is 0.538 bits per heavy atom. The molecule has 0 saturated carbocycles. The van der Waals surface area contributed by atoms with Crippen LogP contribution in [0.2, 0.25) is 0 Å². The molecule has 0 aromatic heterocycles. The fourth-order valence-electron chi connectivity index (χ4n) is 3.96. The average molecular weight is 330 g/mol. The molecule has 0 spiro atoms. The highest BCUT2D eigenvalue weighted by Gasteiger charge is 2.19. The Morgan fingerprint density at radius 2 is 1.35 bits per heavy atom. The van der Waals surface area contributed by atoms with Gasteiger partial charge in [0.05, 0.1) is 22.1 Å². The van der Waals surface area contributed by atoms with Crippen LogP contribution in [0.3, 0.4) is 0 Å². The minimum absolute atomic E-state index is 1.02. The molecule has 2 heterocycles. The lowest BCUT2D eigenvalue weighted by Gasteiger charge is -2.01. The Balaban J connectivity index is 1.70. The van der Waals surface area contributed by atoms with Gasteiger partial charge in [0.2, 0.25) is 0 Å². The van der Waals surface area contributed by atoms with Gasteiger partial charge in [0, 0.05) is 21.6 Å². The van der Waals surface area contributed by atoms with Crippen molar-refractivity contribution in [1.82, 2.24) is 0 Å². The van der Waals surface area contributed by atoms with E-state index >= 15 is 0 Å². The van der Waals surface area contributed by atoms with E-state index in [4.69, 9.17) is 9.98 Å². The molecule has 2 heteroatoms. The third kappa shape index (κ3) is 1.81. The lowest BCUT2D eigenvalue weighted by Crippen LogP contribution is -2.00. The van der Waals surface area contributed by atoms with Crippen LogP contribution in [0.15, 0.2) is 94.9 Å². The van der Waals surface area contributed by atoms with Crippen LogP contribution >= 0.6 is 0 Å². The molecule has 0 unspecified atom stereocenters. The third-order valence-corrected chi connectivity index (χ3v) is 5.20. The van der Waals surface area contributed by atoms with Crippen LogP contribution in [0, 0.1) is 10.4 Å². The van der Waals surface area contributed by atoms with Gasteiger partial charge in [0.25, 0.3) is 0 Å². The van der Waals surface area contributed by atoms with E-state index in [0.717, 1.165) is 27.7 Å². The van der Waals surface area contributed by atoms with E-state index in [-0.39, 0.29) is 0 Å². The topological polar surface area (TPSA) is 24.7 Å². The van der Waals surface area contributed by atoms with Gasteiger partial charge in [-0.25, -0.2) is 9.98 Å². The Labute approximate surface area is 150 Å². The summed E-state index contributed by atoms with van der Waals surface area (Å²) in [5, 5.41) is 4.46. The van der Waals surface area contributed by atoms with Crippen LogP contribution in [-0.2, 0) is 0 Å². The van der Waals surface area contributed by atoms with Crippen molar-refractivity contribution < 1.29 is 0 Å². The summed E-state index contributed by atoms with van der Waals surface area (Å²) < 4.78 is 0. The van der Waals surface area contributed by atoms with Gasteiger partial charge in [0.1, 0.15) is 0 Å². The number of benzene rings is 4. The standard InChI is InChI=1S/C24H14N2/c1-2-6-15(7-3-1)16-10-12-21-19(14-16)17-11-13-22-23(24(17)26-21)18-8-4-5-9-20(18)25-22/h1-14H. The zero-order valence-corrected chi connectivity index (χ0v) is 14.0. The summed E-state index contributed by atoms with van der Waals surface area (Å²) >= 11 is 0. The minimum atomic E-state index is 1.02. The van der Waals surface area contributed by atoms with Crippen molar-refractivity contribution in [3.8, 4) is 22.3 Å². The molecule has 0 bridgehead atoms. The van der Waals surface area contributed by atoms with Crippen LogP contribution < -0.4 is 10.7 Å². The maximum absolute atomic E-state index is 4.96. The first-order valence-electron chi connectivity index (χ1n) is 8.78. The molecule has 26 heavy (non-hydrogen) atoms. The summed E-state index contributed by atoms with van der Waals surface area (Å²) in [6.07, 6.45) is 0. The number of para-hydroxylation sites is 1. The largest absolute Gasteiger partial charge is 0.248 e. The van der Waals surface area contributed by atoms with Gasteiger partial charge in [-0.2, -0.15) is 0 Å². The highest BCUT2D eigenvalue weighted by atomic mass is 14.8. The molecular formula is C24H14N2. The Bertz CT molecular complexity index is 1420. The number of fused-ring (bicyclic) bond motifs is 6. The predicted molar refractivity (Wildman–Crippen MR) is 103 cm³/mol. The molecule has 2 aliphatic rings. The third-order valence-electron chi connectivity index (χ3n) is 5.20. The first-order chi connectivity index (χ1) is 12.9. The summed E-state index contributed by atoms with van der Waals surface area (Å²) in [4.78, 5) is 9.72. The van der Waals surface area contributed by atoms with Crippen molar-refractivity contribution in [2.75, 3.05) is 0 Å². The van der Waals surface area contributed by atoms with Gasteiger partial charge in [-0.15, -0.1) is 0 Å². The molecule has 120 valence electrons. The first-order valence-corrected chi connectivity index (χ1v) is 8.78. The van der Waals surface area contributed by atoms with Gasteiger partial charge >= 0.3 is 0 Å². The van der Waals surface area contributed by atoms with Crippen LogP contribution in [-0.4, -0.2) is 0 Å². The smallest absolute Gasteiger partial charge is 0.0817 e. The average Bonchev–Trinajstić information content (AvgIpc) is 3.26. The molecule has 2 aliphatic heterocycles. The van der Waals surface area contributed by atoms with E-state index in [0.29, 0.717) is 0 Å². The molecule has 4 aromatic carbocycles. The predicted octanol–water partition coefficient (Wildman–Crippen LogP) is 4.84. The SMILES string of the molecule is c1ccc(-c2ccc3c(c2)=c2ccc4c(c2N=3)-c2ccccc2N=4)cc1. The maximum atomic E-state index is 4.96. The van der Waals surface area contributed by atoms with Crippen molar-refractivity contribution in [3.63, 3.8) is 0 Å². The first kappa shape index (κ1) is 13.7. The fourth-order valence-corrected chi connectivity index (χ4v) is 3.96.